The maximum atomic E-state index is 13.2. The van der Waals surface area contributed by atoms with E-state index in [1.54, 1.807) is 0 Å². The van der Waals surface area contributed by atoms with Crippen LogP contribution in [0.25, 0.3) is 0 Å². The molecule has 0 aromatic rings. The lowest BCUT2D eigenvalue weighted by molar-refractivity contribution is -0.151. The third-order valence-corrected chi connectivity index (χ3v) is 11.0. The summed E-state index contributed by atoms with van der Waals surface area (Å²) in [6, 6.07) is -0.735. The summed E-state index contributed by atoms with van der Waals surface area (Å²) in [6.45, 7) is 6.19. The highest BCUT2D eigenvalue weighted by molar-refractivity contribution is 5.77. The first-order chi connectivity index (χ1) is 31.0. The van der Waals surface area contributed by atoms with Gasteiger partial charge in [-0.2, -0.15) is 0 Å². The van der Waals surface area contributed by atoms with Crippen molar-refractivity contribution in [3.63, 3.8) is 0 Å². The zero-order chi connectivity index (χ0) is 45.9. The molecular formula is C57H95NO5. The number of aliphatic hydroxyl groups is 2. The highest BCUT2D eigenvalue weighted by Crippen LogP contribution is 2.17. The SMILES string of the molecule is CC/C=C/C=C/C=C\C=C/C=C/CCCCCC(=O)OC(CCC/C=C/C/C=C/C/C=C/C/C=C/CC)CC(=O)NC(CO)C(O)CCCCCCCCCCCCCCCCC. The molecule has 0 aromatic heterocycles. The minimum Gasteiger partial charge on any atom is -0.462 e. The maximum Gasteiger partial charge on any atom is 0.306 e. The molecule has 0 heterocycles. The molecule has 0 spiro atoms. The second-order valence-electron chi connectivity index (χ2n) is 16.9. The summed E-state index contributed by atoms with van der Waals surface area (Å²) in [5, 5.41) is 23.8. The number of esters is 1. The van der Waals surface area contributed by atoms with Gasteiger partial charge >= 0.3 is 5.97 Å². The van der Waals surface area contributed by atoms with Crippen molar-refractivity contribution >= 4 is 11.9 Å². The van der Waals surface area contributed by atoms with Gasteiger partial charge in [0, 0.05) is 6.42 Å². The molecule has 358 valence electrons. The topological polar surface area (TPSA) is 95.9 Å². The number of hydrogen-bond acceptors (Lipinski definition) is 5. The largest absolute Gasteiger partial charge is 0.462 e. The number of nitrogens with one attached hydrogen (secondary N) is 1. The monoisotopic (exact) mass is 874 g/mol. The Morgan fingerprint density at radius 2 is 0.952 bits per heavy atom. The average molecular weight is 874 g/mol. The van der Waals surface area contributed by atoms with Crippen LogP contribution in [0, 0.1) is 0 Å². The highest BCUT2D eigenvalue weighted by Gasteiger charge is 2.24. The van der Waals surface area contributed by atoms with Crippen molar-refractivity contribution in [3.8, 4) is 0 Å². The van der Waals surface area contributed by atoms with E-state index in [0.29, 0.717) is 19.3 Å². The van der Waals surface area contributed by atoms with Crippen LogP contribution < -0.4 is 5.32 Å². The lowest BCUT2D eigenvalue weighted by Gasteiger charge is -2.24. The minimum absolute atomic E-state index is 0.0157. The summed E-state index contributed by atoms with van der Waals surface area (Å²) >= 11 is 0. The predicted molar refractivity (Wildman–Crippen MR) is 273 cm³/mol. The van der Waals surface area contributed by atoms with E-state index >= 15 is 0 Å². The summed E-state index contributed by atoms with van der Waals surface area (Å²) in [5.74, 6) is -0.587. The smallest absolute Gasteiger partial charge is 0.306 e. The summed E-state index contributed by atoms with van der Waals surface area (Å²) < 4.78 is 5.88. The Hall–Kier alpha value is -3.48. The van der Waals surface area contributed by atoms with Gasteiger partial charge < -0.3 is 20.3 Å². The molecular weight excluding hydrogens is 779 g/mol. The number of carbonyl (C=O) groups excluding carboxylic acids is 2. The Kier molecular flexibility index (Phi) is 46.8. The first kappa shape index (κ1) is 59.5. The van der Waals surface area contributed by atoms with Crippen LogP contribution >= 0.6 is 0 Å². The summed E-state index contributed by atoms with van der Waals surface area (Å²) in [4.78, 5) is 26.1. The van der Waals surface area contributed by atoms with E-state index in [4.69, 9.17) is 4.74 Å². The molecule has 0 saturated carbocycles. The van der Waals surface area contributed by atoms with Crippen molar-refractivity contribution in [2.24, 2.45) is 0 Å². The van der Waals surface area contributed by atoms with Crippen molar-refractivity contribution in [2.75, 3.05) is 6.61 Å². The van der Waals surface area contributed by atoms with Crippen LogP contribution in [-0.2, 0) is 14.3 Å². The molecule has 0 radical (unpaired) electrons. The Bertz CT molecular complexity index is 1300. The minimum atomic E-state index is -0.816. The number of amides is 1. The van der Waals surface area contributed by atoms with Crippen LogP contribution in [-0.4, -0.2) is 46.9 Å². The number of unbranched alkanes of at least 4 members (excludes halogenated alkanes) is 18. The van der Waals surface area contributed by atoms with Gasteiger partial charge in [0.1, 0.15) is 6.10 Å². The van der Waals surface area contributed by atoms with Gasteiger partial charge in [0.2, 0.25) is 5.91 Å². The van der Waals surface area contributed by atoms with E-state index in [1.807, 2.05) is 42.5 Å². The van der Waals surface area contributed by atoms with Crippen LogP contribution in [0.3, 0.4) is 0 Å². The number of hydrogen-bond donors (Lipinski definition) is 3. The highest BCUT2D eigenvalue weighted by atomic mass is 16.5. The van der Waals surface area contributed by atoms with Crippen LogP contribution in [0.5, 0.6) is 0 Å². The van der Waals surface area contributed by atoms with E-state index in [-0.39, 0.29) is 24.9 Å². The van der Waals surface area contributed by atoms with Crippen LogP contribution in [0.1, 0.15) is 213 Å². The molecule has 6 heteroatoms. The zero-order valence-electron chi connectivity index (χ0n) is 40.7. The molecule has 3 atom stereocenters. The van der Waals surface area contributed by atoms with Gasteiger partial charge in [-0.3, -0.25) is 9.59 Å². The van der Waals surface area contributed by atoms with E-state index in [9.17, 15) is 19.8 Å². The third kappa shape index (κ3) is 44.9. The standard InChI is InChI=1S/C57H95NO5/c1-4-7-10-13-16-19-22-25-28-31-34-37-40-43-46-49-55(60)54(52-59)58-56(61)51-53(48-45-42-39-36-33-30-27-24-21-18-15-12-9-6-3)63-57(62)50-47-44-41-38-35-32-29-26-23-20-17-14-11-8-5-2/h8-9,11-12,14,17-18,20-21,23,26-27,29-30,32,35-36,39,53-55,59-60H,4-7,10,13,15-16,19,22,24-25,28,31,33-34,37-38,40-52H2,1-3H3,(H,58,61)/b11-8+,12-9+,17-14+,21-18+,23-20-,29-26-,30-27+,35-32+,39-36+. The Morgan fingerprint density at radius 3 is 1.49 bits per heavy atom. The molecule has 0 aliphatic carbocycles. The van der Waals surface area contributed by atoms with Crippen molar-refractivity contribution < 1.29 is 24.5 Å². The number of rotatable bonds is 44. The Labute approximate surface area is 388 Å². The third-order valence-electron chi connectivity index (χ3n) is 11.0. The molecule has 1 amide bonds. The lowest BCUT2D eigenvalue weighted by atomic mass is 10.0. The number of ether oxygens (including phenoxy) is 1. The fourth-order valence-corrected chi connectivity index (χ4v) is 7.15. The molecule has 3 N–H and O–H groups in total. The molecule has 0 aliphatic heterocycles. The van der Waals surface area contributed by atoms with Crippen LogP contribution in [0.2, 0.25) is 0 Å². The summed E-state index contributed by atoms with van der Waals surface area (Å²) in [7, 11) is 0. The van der Waals surface area contributed by atoms with Gasteiger partial charge in [-0.05, 0) is 77.0 Å². The van der Waals surface area contributed by atoms with Crippen LogP contribution in [0.15, 0.2) is 109 Å². The van der Waals surface area contributed by atoms with E-state index in [2.05, 4.69) is 92.9 Å². The van der Waals surface area contributed by atoms with Gasteiger partial charge in [0.25, 0.3) is 0 Å². The normalized spacial score (nSPS) is 14.2. The maximum absolute atomic E-state index is 13.2. The van der Waals surface area contributed by atoms with Crippen molar-refractivity contribution in [2.45, 2.75) is 232 Å². The number of carbonyl (C=O) groups is 2. The molecule has 0 fully saturated rings. The van der Waals surface area contributed by atoms with Gasteiger partial charge in [-0.15, -0.1) is 0 Å². The molecule has 63 heavy (non-hydrogen) atoms. The first-order valence-corrected chi connectivity index (χ1v) is 25.7. The first-order valence-electron chi connectivity index (χ1n) is 25.7. The van der Waals surface area contributed by atoms with E-state index in [1.165, 1.54) is 77.0 Å². The number of allylic oxidation sites excluding steroid dienone is 18. The second-order valence-corrected chi connectivity index (χ2v) is 16.9. The van der Waals surface area contributed by atoms with Gasteiger partial charge in [-0.1, -0.05) is 233 Å². The summed E-state index contributed by atoms with van der Waals surface area (Å²) in [6.07, 6.45) is 67.2. The lowest BCUT2D eigenvalue weighted by Crippen LogP contribution is -2.46. The molecule has 6 nitrogen and oxygen atoms in total. The Balaban J connectivity index is 4.74. The predicted octanol–water partition coefficient (Wildman–Crippen LogP) is 15.5. The molecule has 0 aromatic carbocycles. The van der Waals surface area contributed by atoms with Crippen LogP contribution in [0.4, 0.5) is 0 Å². The molecule has 0 aliphatic rings. The fraction of sp³-hybridized carbons (Fsp3) is 0.649. The van der Waals surface area contributed by atoms with Crippen molar-refractivity contribution in [1.29, 1.82) is 0 Å². The molecule has 0 bridgehead atoms. The fourth-order valence-electron chi connectivity index (χ4n) is 7.15. The zero-order valence-corrected chi connectivity index (χ0v) is 40.7. The Morgan fingerprint density at radius 1 is 0.492 bits per heavy atom. The molecule has 0 rings (SSSR count). The van der Waals surface area contributed by atoms with E-state index < -0.39 is 18.2 Å². The van der Waals surface area contributed by atoms with Crippen molar-refractivity contribution in [1.82, 2.24) is 5.32 Å². The summed E-state index contributed by atoms with van der Waals surface area (Å²) in [5.41, 5.74) is 0. The van der Waals surface area contributed by atoms with Crippen molar-refractivity contribution in [3.05, 3.63) is 109 Å². The van der Waals surface area contributed by atoms with E-state index in [0.717, 1.165) is 89.9 Å². The second kappa shape index (κ2) is 49.5. The number of aliphatic hydroxyl groups excluding tert-OH is 2. The molecule has 0 saturated heterocycles. The van der Waals surface area contributed by atoms with Gasteiger partial charge in [-0.25, -0.2) is 0 Å². The van der Waals surface area contributed by atoms with Gasteiger partial charge in [0.05, 0.1) is 25.2 Å². The molecule has 3 unspecified atom stereocenters. The quantitative estimate of drug-likeness (QED) is 0.0245. The van der Waals surface area contributed by atoms with Gasteiger partial charge in [0.15, 0.2) is 0 Å². The average Bonchev–Trinajstić information content (AvgIpc) is 3.28.